The van der Waals surface area contributed by atoms with Crippen LogP contribution < -0.4 is 0 Å². The van der Waals surface area contributed by atoms with Gasteiger partial charge in [-0.3, -0.25) is 0 Å². The van der Waals surface area contributed by atoms with Gasteiger partial charge in [0.25, 0.3) is 0 Å². The third-order valence-corrected chi connectivity index (χ3v) is 3.12. The van der Waals surface area contributed by atoms with Crippen LogP contribution in [0.4, 0.5) is 0 Å². The molecule has 0 amide bonds. The number of benzene rings is 1. The maximum atomic E-state index is 9.79. The molecule has 1 nitrogen and oxygen atoms in total. The van der Waals surface area contributed by atoms with Gasteiger partial charge in [-0.25, -0.2) is 0 Å². The molecule has 0 radical (unpaired) electrons. The molecule has 0 spiro atoms. The summed E-state index contributed by atoms with van der Waals surface area (Å²) in [7, 11) is 0. The van der Waals surface area contributed by atoms with Gasteiger partial charge in [0, 0.05) is 0 Å². The van der Waals surface area contributed by atoms with Crippen molar-refractivity contribution < 1.29 is 5.11 Å². The summed E-state index contributed by atoms with van der Waals surface area (Å²) in [6.45, 7) is 4.42. The average Bonchev–Trinajstić information content (AvgIpc) is 2.17. The van der Waals surface area contributed by atoms with Crippen molar-refractivity contribution in [3.63, 3.8) is 0 Å². The van der Waals surface area contributed by atoms with Gasteiger partial charge >= 0.3 is 0 Å². The van der Waals surface area contributed by atoms with Crippen LogP contribution >= 0.6 is 0 Å². The van der Waals surface area contributed by atoms with E-state index in [0.29, 0.717) is 5.92 Å². The van der Waals surface area contributed by atoms with E-state index in [0.717, 1.165) is 24.8 Å². The zero-order valence-corrected chi connectivity index (χ0v) is 8.96. The highest BCUT2D eigenvalue weighted by Gasteiger charge is 2.17. The smallest absolute Gasteiger partial charge is 0.0792 e. The third kappa shape index (κ3) is 1.69. The summed E-state index contributed by atoms with van der Waals surface area (Å²) in [6.07, 6.45) is 2.96. The molecule has 0 aliphatic heterocycles. The lowest BCUT2D eigenvalue weighted by Crippen LogP contribution is -2.09. The molecule has 2 rings (SSSR count). The lowest BCUT2D eigenvalue weighted by molar-refractivity contribution is 0.156. The molecule has 1 aliphatic rings. The Bertz CT molecular complexity index is 328. The largest absolute Gasteiger partial charge is 0.388 e. The van der Waals surface area contributed by atoms with Crippen LogP contribution in [0.5, 0.6) is 0 Å². The Morgan fingerprint density at radius 2 is 2.14 bits per heavy atom. The van der Waals surface area contributed by atoms with Crippen LogP contribution in [0, 0.1) is 0 Å². The summed E-state index contributed by atoms with van der Waals surface area (Å²) in [4.78, 5) is 0. The van der Waals surface area contributed by atoms with Crippen molar-refractivity contribution in [1.82, 2.24) is 0 Å². The highest BCUT2D eigenvalue weighted by molar-refractivity contribution is 5.36. The van der Waals surface area contributed by atoms with Crippen LogP contribution in [-0.4, -0.2) is 5.11 Å². The lowest BCUT2D eigenvalue weighted by atomic mass is 9.86. The van der Waals surface area contributed by atoms with Crippen LogP contribution in [0.1, 0.15) is 55.4 Å². The van der Waals surface area contributed by atoms with Gasteiger partial charge in [-0.2, -0.15) is 0 Å². The molecule has 76 valence electrons. The highest BCUT2D eigenvalue weighted by Crippen LogP contribution is 2.31. The molecule has 0 fully saturated rings. The van der Waals surface area contributed by atoms with Gasteiger partial charge in [-0.05, 0) is 41.9 Å². The Labute approximate surface area is 85.8 Å². The first-order valence-electron chi connectivity index (χ1n) is 5.49. The van der Waals surface area contributed by atoms with Gasteiger partial charge < -0.3 is 5.11 Å². The summed E-state index contributed by atoms with van der Waals surface area (Å²) in [5, 5.41) is 9.79. The number of aliphatic hydroxyl groups is 1. The van der Waals surface area contributed by atoms with Crippen molar-refractivity contribution in [3.8, 4) is 0 Å². The average molecular weight is 190 g/mol. The van der Waals surface area contributed by atoms with Crippen molar-refractivity contribution in [1.29, 1.82) is 0 Å². The minimum atomic E-state index is -0.222. The molecule has 0 aromatic heterocycles. The van der Waals surface area contributed by atoms with Crippen molar-refractivity contribution in [2.75, 3.05) is 0 Å². The minimum Gasteiger partial charge on any atom is -0.388 e. The normalized spacial score (nSPS) is 21.0. The predicted octanol–water partition coefficient (Wildman–Crippen LogP) is 3.18. The number of aryl methyl sites for hydroxylation is 1. The van der Waals surface area contributed by atoms with Crippen molar-refractivity contribution >= 4 is 0 Å². The molecular formula is C13H18O. The lowest BCUT2D eigenvalue weighted by Gasteiger charge is -2.22. The Morgan fingerprint density at radius 1 is 1.36 bits per heavy atom. The molecule has 0 saturated carbocycles. The first kappa shape index (κ1) is 9.72. The molecule has 1 N–H and O–H groups in total. The predicted molar refractivity (Wildman–Crippen MR) is 58.4 cm³/mol. The number of aliphatic hydroxyl groups excluding tert-OH is 1. The monoisotopic (exact) mass is 190 g/mol. The van der Waals surface area contributed by atoms with Gasteiger partial charge in [0.05, 0.1) is 6.10 Å². The molecule has 1 aromatic rings. The van der Waals surface area contributed by atoms with E-state index in [1.165, 1.54) is 11.1 Å². The second-order valence-corrected chi connectivity index (χ2v) is 4.52. The van der Waals surface area contributed by atoms with Gasteiger partial charge in [0.1, 0.15) is 0 Å². The Morgan fingerprint density at radius 3 is 2.86 bits per heavy atom. The summed E-state index contributed by atoms with van der Waals surface area (Å²) in [5.41, 5.74) is 3.90. The molecule has 0 heterocycles. The second kappa shape index (κ2) is 3.74. The fourth-order valence-electron chi connectivity index (χ4n) is 2.17. The molecule has 1 heteroatoms. The van der Waals surface area contributed by atoms with Crippen LogP contribution in [0.25, 0.3) is 0 Å². The number of rotatable bonds is 1. The third-order valence-electron chi connectivity index (χ3n) is 3.12. The van der Waals surface area contributed by atoms with Gasteiger partial charge in [-0.1, -0.05) is 32.0 Å². The molecule has 1 aliphatic carbocycles. The van der Waals surface area contributed by atoms with Crippen LogP contribution in [-0.2, 0) is 6.42 Å². The van der Waals surface area contributed by atoms with Crippen LogP contribution in [0.15, 0.2) is 18.2 Å². The zero-order valence-electron chi connectivity index (χ0n) is 8.96. The summed E-state index contributed by atoms with van der Waals surface area (Å²) in [6, 6.07) is 6.52. The second-order valence-electron chi connectivity index (χ2n) is 4.52. The van der Waals surface area contributed by atoms with Gasteiger partial charge in [-0.15, -0.1) is 0 Å². The Hall–Kier alpha value is -0.820. The topological polar surface area (TPSA) is 20.2 Å². The number of fused-ring (bicyclic) bond motifs is 1. The fourth-order valence-corrected chi connectivity index (χ4v) is 2.17. The van der Waals surface area contributed by atoms with E-state index >= 15 is 0 Å². The minimum absolute atomic E-state index is 0.222. The molecule has 1 atom stereocenters. The summed E-state index contributed by atoms with van der Waals surface area (Å²) < 4.78 is 0. The molecule has 14 heavy (non-hydrogen) atoms. The maximum Gasteiger partial charge on any atom is 0.0792 e. The van der Waals surface area contributed by atoms with E-state index in [9.17, 15) is 5.11 Å². The van der Waals surface area contributed by atoms with Crippen molar-refractivity contribution in [2.24, 2.45) is 0 Å². The van der Waals surface area contributed by atoms with E-state index < -0.39 is 0 Å². The van der Waals surface area contributed by atoms with Gasteiger partial charge in [0.15, 0.2) is 0 Å². The van der Waals surface area contributed by atoms with E-state index in [1.807, 2.05) is 0 Å². The number of hydrogen-bond acceptors (Lipinski definition) is 1. The van der Waals surface area contributed by atoms with E-state index in [2.05, 4.69) is 32.0 Å². The Balaban J connectivity index is 2.39. The first-order chi connectivity index (χ1) is 6.68. The van der Waals surface area contributed by atoms with E-state index in [4.69, 9.17) is 0 Å². The highest BCUT2D eigenvalue weighted by atomic mass is 16.3. The SMILES string of the molecule is CC(C)c1ccc2c(c1)CCCC2O. The molecule has 0 saturated heterocycles. The van der Waals surface area contributed by atoms with Gasteiger partial charge in [0.2, 0.25) is 0 Å². The summed E-state index contributed by atoms with van der Waals surface area (Å²) >= 11 is 0. The zero-order chi connectivity index (χ0) is 10.1. The maximum absolute atomic E-state index is 9.79. The Kier molecular flexibility index (Phi) is 2.60. The van der Waals surface area contributed by atoms with Crippen LogP contribution in [0.3, 0.4) is 0 Å². The van der Waals surface area contributed by atoms with Crippen LogP contribution in [0.2, 0.25) is 0 Å². The molecule has 1 aromatic carbocycles. The number of hydrogen-bond donors (Lipinski definition) is 1. The molecule has 1 unspecified atom stereocenters. The molecule has 0 bridgehead atoms. The fraction of sp³-hybridized carbons (Fsp3) is 0.538. The standard InChI is InChI=1S/C13H18O/c1-9(2)10-6-7-12-11(8-10)4-3-5-13(12)14/h6-9,13-14H,3-5H2,1-2H3. The summed E-state index contributed by atoms with van der Waals surface area (Å²) in [5.74, 6) is 0.583. The first-order valence-corrected chi connectivity index (χ1v) is 5.49. The van der Waals surface area contributed by atoms with E-state index in [1.54, 1.807) is 0 Å². The van der Waals surface area contributed by atoms with Crippen molar-refractivity contribution in [3.05, 3.63) is 34.9 Å². The van der Waals surface area contributed by atoms with E-state index in [-0.39, 0.29) is 6.10 Å². The quantitative estimate of drug-likeness (QED) is 0.721. The van der Waals surface area contributed by atoms with Crippen molar-refractivity contribution in [2.45, 2.75) is 45.1 Å². The molecular weight excluding hydrogens is 172 g/mol.